The van der Waals surface area contributed by atoms with Gasteiger partial charge in [-0.3, -0.25) is 10.1 Å². The minimum Gasteiger partial charge on any atom is -0.372 e. The first-order chi connectivity index (χ1) is 12.3. The molecule has 2 heterocycles. The number of hydrogen-bond donors (Lipinski definition) is 2. The highest BCUT2D eigenvalue weighted by Gasteiger charge is 2.39. The normalized spacial score (nSPS) is 26.5. The summed E-state index contributed by atoms with van der Waals surface area (Å²) in [7, 11) is -3.00. The Morgan fingerprint density at radius 1 is 1.15 bits per heavy atom. The minimum atomic E-state index is -3.00. The second-order valence-electron chi connectivity index (χ2n) is 7.85. The number of piperidine rings is 1. The van der Waals surface area contributed by atoms with E-state index in [4.69, 9.17) is 0 Å². The van der Waals surface area contributed by atoms with Gasteiger partial charge in [0.1, 0.15) is 0 Å². The van der Waals surface area contributed by atoms with Gasteiger partial charge in [-0.25, -0.2) is 8.42 Å². The standard InChI is InChI=1S/C19H29N3O3S/c1-15(21-19(2)10-13-26(24,25)14-19)18(23)20-16-6-8-17(9-7-16)22-11-4-3-5-12-22/h6-9,15,21H,3-5,10-14H2,1-2H3,(H,20,23)/t15-,19-/m1/s1. The molecule has 0 saturated carbocycles. The maximum absolute atomic E-state index is 12.5. The number of sulfone groups is 1. The van der Waals surface area contributed by atoms with Crippen molar-refractivity contribution in [2.24, 2.45) is 0 Å². The Kier molecular flexibility index (Phi) is 5.58. The van der Waals surface area contributed by atoms with Crippen LogP contribution in [0.25, 0.3) is 0 Å². The van der Waals surface area contributed by atoms with Crippen molar-refractivity contribution in [3.05, 3.63) is 24.3 Å². The van der Waals surface area contributed by atoms with Gasteiger partial charge in [0.25, 0.3) is 0 Å². The Balaban J connectivity index is 1.55. The van der Waals surface area contributed by atoms with E-state index >= 15 is 0 Å². The Morgan fingerprint density at radius 2 is 1.81 bits per heavy atom. The molecular weight excluding hydrogens is 350 g/mol. The molecule has 2 saturated heterocycles. The minimum absolute atomic E-state index is 0.0855. The molecule has 7 heteroatoms. The van der Waals surface area contributed by atoms with E-state index in [-0.39, 0.29) is 17.4 Å². The van der Waals surface area contributed by atoms with Crippen LogP contribution in [0.5, 0.6) is 0 Å². The fraction of sp³-hybridized carbons (Fsp3) is 0.632. The molecule has 1 aromatic rings. The van der Waals surface area contributed by atoms with Gasteiger partial charge in [0, 0.05) is 30.0 Å². The van der Waals surface area contributed by atoms with Crippen molar-refractivity contribution in [1.29, 1.82) is 0 Å². The van der Waals surface area contributed by atoms with Crippen LogP contribution in [0.15, 0.2) is 24.3 Å². The van der Waals surface area contributed by atoms with E-state index in [0.717, 1.165) is 18.8 Å². The number of hydrogen-bond acceptors (Lipinski definition) is 5. The number of nitrogens with one attached hydrogen (secondary N) is 2. The van der Waals surface area contributed by atoms with Crippen LogP contribution in [0.1, 0.15) is 39.5 Å². The Hall–Kier alpha value is -1.60. The first-order valence-electron chi connectivity index (χ1n) is 9.40. The van der Waals surface area contributed by atoms with Crippen LogP contribution in [0, 0.1) is 0 Å². The van der Waals surface area contributed by atoms with Gasteiger partial charge >= 0.3 is 0 Å². The van der Waals surface area contributed by atoms with Gasteiger partial charge in [-0.2, -0.15) is 0 Å². The molecule has 3 rings (SSSR count). The van der Waals surface area contributed by atoms with Crippen molar-refractivity contribution in [1.82, 2.24) is 5.32 Å². The quantitative estimate of drug-likeness (QED) is 0.820. The maximum Gasteiger partial charge on any atom is 0.241 e. The summed E-state index contributed by atoms with van der Waals surface area (Å²) in [6.45, 7) is 5.82. The lowest BCUT2D eigenvalue weighted by Gasteiger charge is -2.29. The van der Waals surface area contributed by atoms with Gasteiger partial charge in [-0.1, -0.05) is 0 Å². The van der Waals surface area contributed by atoms with E-state index in [1.807, 2.05) is 31.2 Å². The van der Waals surface area contributed by atoms with Crippen molar-refractivity contribution < 1.29 is 13.2 Å². The molecule has 2 fully saturated rings. The predicted molar refractivity (Wildman–Crippen MR) is 105 cm³/mol. The van der Waals surface area contributed by atoms with Crippen LogP contribution in [-0.4, -0.2) is 50.5 Å². The number of amides is 1. The lowest BCUT2D eigenvalue weighted by Crippen LogP contribution is -2.52. The number of carbonyl (C=O) groups excluding carboxylic acids is 1. The van der Waals surface area contributed by atoms with Gasteiger partial charge < -0.3 is 10.2 Å². The number of anilines is 2. The zero-order valence-electron chi connectivity index (χ0n) is 15.6. The highest BCUT2D eigenvalue weighted by atomic mass is 32.2. The van der Waals surface area contributed by atoms with E-state index in [1.165, 1.54) is 24.9 Å². The monoisotopic (exact) mass is 379 g/mol. The molecular formula is C19H29N3O3S. The van der Waals surface area contributed by atoms with E-state index < -0.39 is 21.4 Å². The van der Waals surface area contributed by atoms with Crippen molar-refractivity contribution in [3.63, 3.8) is 0 Å². The summed E-state index contributed by atoms with van der Waals surface area (Å²) in [5.41, 5.74) is 1.42. The fourth-order valence-corrected chi connectivity index (χ4v) is 5.98. The highest BCUT2D eigenvalue weighted by molar-refractivity contribution is 7.91. The molecule has 1 amide bonds. The molecule has 0 aromatic heterocycles. The number of carbonyl (C=O) groups is 1. The van der Waals surface area contributed by atoms with Crippen molar-refractivity contribution >= 4 is 27.1 Å². The second kappa shape index (κ2) is 7.56. The molecule has 6 nitrogen and oxygen atoms in total. The second-order valence-corrected chi connectivity index (χ2v) is 10.0. The van der Waals surface area contributed by atoms with Crippen LogP contribution in [0.3, 0.4) is 0 Å². The summed E-state index contributed by atoms with van der Waals surface area (Å²) in [6, 6.07) is 7.48. The third-order valence-corrected chi connectivity index (χ3v) is 7.22. The van der Waals surface area contributed by atoms with Gasteiger partial charge in [-0.05, 0) is 63.8 Å². The SMILES string of the molecule is C[C@@H](N[C@]1(C)CCS(=O)(=O)C1)C(=O)Nc1ccc(N2CCCCC2)cc1. The van der Waals surface area contributed by atoms with Gasteiger partial charge in [-0.15, -0.1) is 0 Å². The molecule has 0 radical (unpaired) electrons. The molecule has 0 bridgehead atoms. The molecule has 2 N–H and O–H groups in total. The smallest absolute Gasteiger partial charge is 0.241 e. The number of benzene rings is 1. The van der Waals surface area contributed by atoms with Crippen LogP contribution >= 0.6 is 0 Å². The van der Waals surface area contributed by atoms with Crippen LogP contribution < -0.4 is 15.5 Å². The first-order valence-corrected chi connectivity index (χ1v) is 11.2. The molecule has 0 unspecified atom stereocenters. The largest absolute Gasteiger partial charge is 0.372 e. The lowest BCUT2D eigenvalue weighted by molar-refractivity contribution is -0.118. The molecule has 144 valence electrons. The Bertz CT molecular complexity index is 742. The zero-order valence-corrected chi connectivity index (χ0v) is 16.4. The zero-order chi connectivity index (χ0) is 18.8. The molecule has 2 atom stereocenters. The first kappa shape index (κ1) is 19.2. The highest BCUT2D eigenvalue weighted by Crippen LogP contribution is 2.24. The van der Waals surface area contributed by atoms with Crippen molar-refractivity contribution in [3.8, 4) is 0 Å². The molecule has 1 aromatic carbocycles. The van der Waals surface area contributed by atoms with Crippen molar-refractivity contribution in [2.75, 3.05) is 34.8 Å². The summed E-state index contributed by atoms with van der Waals surface area (Å²) >= 11 is 0. The fourth-order valence-electron chi connectivity index (χ4n) is 3.87. The molecule has 0 spiro atoms. The third kappa shape index (κ3) is 4.76. The summed E-state index contributed by atoms with van der Waals surface area (Å²) in [6.07, 6.45) is 4.31. The summed E-state index contributed by atoms with van der Waals surface area (Å²) < 4.78 is 23.4. The van der Waals surface area contributed by atoms with E-state index in [1.54, 1.807) is 6.92 Å². The molecule has 26 heavy (non-hydrogen) atoms. The lowest BCUT2D eigenvalue weighted by atomic mass is 10.0. The summed E-state index contributed by atoms with van der Waals surface area (Å²) in [5, 5.41) is 6.11. The molecule has 2 aliphatic heterocycles. The maximum atomic E-state index is 12.5. The van der Waals surface area contributed by atoms with Gasteiger partial charge in [0.05, 0.1) is 17.5 Å². The van der Waals surface area contributed by atoms with E-state index in [9.17, 15) is 13.2 Å². The van der Waals surface area contributed by atoms with E-state index in [0.29, 0.717) is 6.42 Å². The van der Waals surface area contributed by atoms with E-state index in [2.05, 4.69) is 15.5 Å². The number of rotatable bonds is 5. The third-order valence-electron chi connectivity index (χ3n) is 5.32. The van der Waals surface area contributed by atoms with Gasteiger partial charge in [0.15, 0.2) is 9.84 Å². The van der Waals surface area contributed by atoms with Gasteiger partial charge in [0.2, 0.25) is 5.91 Å². The summed E-state index contributed by atoms with van der Waals surface area (Å²) in [5.74, 6) is 0.117. The van der Waals surface area contributed by atoms with Crippen LogP contribution in [0.2, 0.25) is 0 Å². The summed E-state index contributed by atoms with van der Waals surface area (Å²) in [4.78, 5) is 14.8. The Morgan fingerprint density at radius 3 is 2.38 bits per heavy atom. The Labute approximate surface area is 156 Å². The van der Waals surface area contributed by atoms with Crippen molar-refractivity contribution in [2.45, 2.75) is 51.1 Å². The average Bonchev–Trinajstić information content (AvgIpc) is 2.89. The number of nitrogens with zero attached hydrogens (tertiary/aromatic N) is 1. The predicted octanol–water partition coefficient (Wildman–Crippen LogP) is 2.17. The average molecular weight is 380 g/mol. The topological polar surface area (TPSA) is 78.5 Å². The molecule has 2 aliphatic rings. The molecule has 0 aliphatic carbocycles. The van der Waals surface area contributed by atoms with Crippen LogP contribution in [0.4, 0.5) is 11.4 Å². The van der Waals surface area contributed by atoms with Crippen LogP contribution in [-0.2, 0) is 14.6 Å².